The molecule has 0 rings (SSSR count). The number of hydrogen-bond donors (Lipinski definition) is 0. The summed E-state index contributed by atoms with van der Waals surface area (Å²) in [6.45, 7) is 25.2. The van der Waals surface area contributed by atoms with E-state index in [4.69, 9.17) is 11.6 Å². The molecule has 144 valence electrons. The van der Waals surface area contributed by atoms with Gasteiger partial charge in [0.2, 0.25) is 0 Å². The maximum absolute atomic E-state index is 5.32. The van der Waals surface area contributed by atoms with Crippen LogP contribution in [0.25, 0.3) is 0 Å². The molecule has 0 aromatic heterocycles. The van der Waals surface area contributed by atoms with Gasteiger partial charge in [-0.2, -0.15) is 6.92 Å². The molecule has 26 heavy (non-hydrogen) atoms. The zero-order valence-corrected chi connectivity index (χ0v) is 22.1. The van der Waals surface area contributed by atoms with Gasteiger partial charge in [0.1, 0.15) is 8.07 Å². The second kappa shape index (κ2) is 19.5. The van der Waals surface area contributed by atoms with E-state index in [1.165, 1.54) is 11.1 Å². The van der Waals surface area contributed by atoms with Crippen molar-refractivity contribution in [3.63, 3.8) is 0 Å². The molecule has 0 bridgehead atoms. The maximum Gasteiger partial charge on any atom is 1.00 e. The van der Waals surface area contributed by atoms with Crippen LogP contribution in [0.1, 0.15) is 40.5 Å². The first-order valence-corrected chi connectivity index (χ1v) is 16.4. The number of unbranched alkanes of at least 4 members (excludes halogenated alkanes) is 1. The maximum atomic E-state index is 5.32. The van der Waals surface area contributed by atoms with Gasteiger partial charge in [0.15, 0.2) is 0 Å². The molecule has 0 aromatic rings. The second-order valence-corrected chi connectivity index (χ2v) is 18.2. The van der Waals surface area contributed by atoms with E-state index in [1.54, 1.807) is 0 Å². The Balaban J connectivity index is -0.000000149. The first kappa shape index (κ1) is 33.4. The molecule has 0 saturated heterocycles. The molecule has 4 heteroatoms. The third-order valence-electron chi connectivity index (χ3n) is 2.23. The fraction of sp³-hybridized carbons (Fsp3) is 0.591. The van der Waals surface area contributed by atoms with Crippen molar-refractivity contribution in [2.24, 2.45) is 0 Å². The molecule has 0 unspecified atom stereocenters. The van der Waals surface area contributed by atoms with E-state index in [0.717, 1.165) is 12.8 Å². The molecular formula is C22H40ClLiSi2. The van der Waals surface area contributed by atoms with E-state index in [-0.39, 0.29) is 18.9 Å². The summed E-state index contributed by atoms with van der Waals surface area (Å²) in [6, 6.07) is 0. The van der Waals surface area contributed by atoms with Crippen LogP contribution >= 0.6 is 11.6 Å². The van der Waals surface area contributed by atoms with Crippen LogP contribution in [0.3, 0.4) is 0 Å². The minimum atomic E-state index is -1.12. The summed E-state index contributed by atoms with van der Waals surface area (Å²) in [5, 5.41) is 0. The van der Waals surface area contributed by atoms with Crippen LogP contribution in [0, 0.1) is 29.9 Å². The number of halogens is 1. The van der Waals surface area contributed by atoms with Gasteiger partial charge >= 0.3 is 18.9 Å². The van der Waals surface area contributed by atoms with Gasteiger partial charge in [-0.15, -0.1) is 23.1 Å². The predicted molar refractivity (Wildman–Crippen MR) is 126 cm³/mol. The number of allylic oxidation sites excluding steroid dienone is 4. The third-order valence-corrected chi connectivity index (χ3v) is 4.24. The van der Waals surface area contributed by atoms with Crippen molar-refractivity contribution in [2.45, 2.75) is 79.8 Å². The smallest absolute Gasteiger partial charge is 0.333 e. The average molecular weight is 403 g/mol. The van der Waals surface area contributed by atoms with Gasteiger partial charge in [-0.1, -0.05) is 62.6 Å². The predicted octanol–water partition coefficient (Wildman–Crippen LogP) is 4.51. The minimum Gasteiger partial charge on any atom is -0.333 e. The average Bonchev–Trinajstić information content (AvgIpc) is 2.36. The van der Waals surface area contributed by atoms with Gasteiger partial charge in [-0.25, -0.2) is 0 Å². The molecule has 0 aliphatic carbocycles. The monoisotopic (exact) mass is 402 g/mol. The summed E-state index contributed by atoms with van der Waals surface area (Å²) in [5.74, 6) is 6.56. The molecule has 0 aromatic carbocycles. The van der Waals surface area contributed by atoms with Crippen LogP contribution in [-0.2, 0) is 0 Å². The molecule has 0 amide bonds. The number of alkyl halides is 1. The van der Waals surface area contributed by atoms with Crippen molar-refractivity contribution in [3.05, 3.63) is 30.2 Å². The van der Waals surface area contributed by atoms with Crippen LogP contribution in [0.2, 0.25) is 39.3 Å². The Morgan fingerprint density at radius 2 is 1.27 bits per heavy atom. The van der Waals surface area contributed by atoms with Crippen LogP contribution in [-0.4, -0.2) is 22.0 Å². The second-order valence-electron chi connectivity index (χ2n) is 8.36. The van der Waals surface area contributed by atoms with Crippen molar-refractivity contribution < 1.29 is 18.9 Å². The van der Waals surface area contributed by atoms with Gasteiger partial charge in [0, 0.05) is 20.4 Å². The Kier molecular flexibility index (Phi) is 25.1. The third kappa shape index (κ3) is 49.6. The summed E-state index contributed by atoms with van der Waals surface area (Å²) in [5.41, 5.74) is 9.09. The molecule has 0 atom stereocenters. The van der Waals surface area contributed by atoms with Crippen molar-refractivity contribution in [2.75, 3.05) is 5.88 Å². The number of hydrogen-bond acceptors (Lipinski definition) is 0. The number of rotatable bonds is 3. The minimum absolute atomic E-state index is 0. The molecule has 0 aliphatic heterocycles. The zero-order valence-electron chi connectivity index (χ0n) is 19.4. The standard InChI is InChI=1S/C11H20Si.C6H11Si.C5H9Cl.Li/c1-11(2)9-7-6-8-10-12(3,4)5;1-5-6-7(2,3)4;1-5(2)3-4-6;/h9H,6-7H2,1-5H3;1H2,2-4H3;3H,4H2,1-2H3;/q;-1;;+1. The largest absolute Gasteiger partial charge is 1.00 e. The van der Waals surface area contributed by atoms with E-state index in [9.17, 15) is 0 Å². The van der Waals surface area contributed by atoms with Crippen LogP contribution in [0.15, 0.2) is 23.3 Å². The molecule has 0 heterocycles. The van der Waals surface area contributed by atoms with Crippen LogP contribution < -0.4 is 18.9 Å². The van der Waals surface area contributed by atoms with Gasteiger partial charge < -0.3 is 5.54 Å². The quantitative estimate of drug-likeness (QED) is 0.163. The molecular weight excluding hydrogens is 363 g/mol. The van der Waals surface area contributed by atoms with Gasteiger partial charge in [0.25, 0.3) is 0 Å². The van der Waals surface area contributed by atoms with E-state index in [2.05, 4.69) is 89.1 Å². The van der Waals surface area contributed by atoms with Gasteiger partial charge in [0.05, 0.1) is 0 Å². The van der Waals surface area contributed by atoms with Crippen molar-refractivity contribution in [3.8, 4) is 22.9 Å². The Morgan fingerprint density at radius 1 is 0.846 bits per heavy atom. The summed E-state index contributed by atoms with van der Waals surface area (Å²) < 4.78 is 0. The fourth-order valence-electron chi connectivity index (χ4n) is 1.18. The van der Waals surface area contributed by atoms with Crippen molar-refractivity contribution in [1.29, 1.82) is 0 Å². The first-order valence-electron chi connectivity index (χ1n) is 8.87. The van der Waals surface area contributed by atoms with Crippen LogP contribution in [0.5, 0.6) is 0 Å². The van der Waals surface area contributed by atoms with Gasteiger partial charge in [-0.3, -0.25) is 5.92 Å². The van der Waals surface area contributed by atoms with E-state index in [0.29, 0.717) is 5.88 Å². The fourth-order valence-corrected chi connectivity index (χ4v) is 2.67. The molecule has 0 radical (unpaired) electrons. The molecule has 0 fully saturated rings. The first-order chi connectivity index (χ1) is 11.2. The van der Waals surface area contributed by atoms with E-state index in [1.807, 2.05) is 19.9 Å². The summed E-state index contributed by atoms with van der Waals surface area (Å²) in [4.78, 5) is 0. The topological polar surface area (TPSA) is 0 Å². The summed E-state index contributed by atoms with van der Waals surface area (Å²) >= 11 is 5.32. The van der Waals surface area contributed by atoms with E-state index < -0.39 is 16.1 Å². The zero-order chi connectivity index (χ0) is 20.5. The Hall–Kier alpha value is -0.209. The Morgan fingerprint density at radius 3 is 1.46 bits per heavy atom. The molecule has 0 saturated carbocycles. The summed E-state index contributed by atoms with van der Waals surface area (Å²) in [7, 11) is -2.20. The Bertz CT molecular complexity index is 505. The molecule has 0 aliphatic rings. The van der Waals surface area contributed by atoms with E-state index >= 15 is 0 Å². The van der Waals surface area contributed by atoms with Gasteiger partial charge in [-0.05, 0) is 34.1 Å². The summed E-state index contributed by atoms with van der Waals surface area (Å²) in [6.07, 6.45) is 6.36. The van der Waals surface area contributed by atoms with Crippen LogP contribution in [0.4, 0.5) is 0 Å². The molecule has 0 N–H and O–H groups in total. The Labute approximate surface area is 184 Å². The SMILES string of the molecule is CC(C)=CCCC#C[Si](C)(C)C.CC(C)=CCCl.[CH2-]C#C[Si](C)(C)C.[Li+]. The molecule has 0 nitrogen and oxygen atoms in total. The van der Waals surface area contributed by atoms with Crippen molar-refractivity contribution in [1.82, 2.24) is 0 Å². The molecule has 0 spiro atoms. The normalized spacial score (nSPS) is 9.04. The van der Waals surface area contributed by atoms with Crippen molar-refractivity contribution >= 4 is 27.7 Å².